The maximum atomic E-state index is 12.1. The first-order valence-corrected chi connectivity index (χ1v) is 7.89. The van der Waals surface area contributed by atoms with Gasteiger partial charge in [-0.2, -0.15) is 0 Å². The Morgan fingerprint density at radius 1 is 1.30 bits per heavy atom. The first kappa shape index (κ1) is 15.2. The lowest BCUT2D eigenvalue weighted by Crippen LogP contribution is -2.32. The summed E-state index contributed by atoms with van der Waals surface area (Å²) in [7, 11) is 0. The van der Waals surface area contributed by atoms with E-state index in [0.717, 1.165) is 12.8 Å². The maximum Gasteiger partial charge on any atom is 0.251 e. The predicted molar refractivity (Wildman–Crippen MR) is 81.7 cm³/mol. The van der Waals surface area contributed by atoms with Crippen molar-refractivity contribution in [3.8, 4) is 11.5 Å². The van der Waals surface area contributed by atoms with Crippen molar-refractivity contribution in [1.82, 2.24) is 5.32 Å². The van der Waals surface area contributed by atoms with E-state index in [2.05, 4.69) is 35.1 Å². The van der Waals surface area contributed by atoms with Gasteiger partial charge < -0.3 is 14.8 Å². The molecule has 4 nitrogen and oxygen atoms in total. The van der Waals surface area contributed by atoms with Crippen LogP contribution in [-0.2, 0) is 0 Å². The Hall–Kier alpha value is -1.23. The Morgan fingerprint density at radius 3 is 2.70 bits per heavy atom. The number of hydrogen-bond donors (Lipinski definition) is 1. The van der Waals surface area contributed by atoms with Crippen molar-refractivity contribution in [2.45, 2.75) is 31.5 Å². The third-order valence-electron chi connectivity index (χ3n) is 3.65. The fourth-order valence-electron chi connectivity index (χ4n) is 2.30. The summed E-state index contributed by atoms with van der Waals surface area (Å²) in [5.41, 5.74) is 0.596. The number of alkyl halides is 1. The van der Waals surface area contributed by atoms with Crippen LogP contribution in [0.2, 0.25) is 0 Å². The second-order valence-electron chi connectivity index (χ2n) is 4.87. The van der Waals surface area contributed by atoms with Gasteiger partial charge in [0.25, 0.3) is 5.91 Å². The highest BCUT2D eigenvalue weighted by Crippen LogP contribution is 2.32. The van der Waals surface area contributed by atoms with Gasteiger partial charge in [-0.05, 0) is 24.1 Å². The van der Waals surface area contributed by atoms with E-state index in [4.69, 9.17) is 9.47 Å². The van der Waals surface area contributed by atoms with Crippen LogP contribution >= 0.6 is 15.9 Å². The van der Waals surface area contributed by atoms with Gasteiger partial charge in [-0.15, -0.1) is 0 Å². The average Bonchev–Trinajstić information content (AvgIpc) is 2.93. The van der Waals surface area contributed by atoms with Crippen molar-refractivity contribution in [3.05, 3.63) is 23.8 Å². The van der Waals surface area contributed by atoms with E-state index >= 15 is 0 Å². The molecule has 1 amide bonds. The fourth-order valence-corrected chi connectivity index (χ4v) is 3.21. The fraction of sp³-hybridized carbons (Fsp3) is 0.533. The number of ether oxygens (including phenoxy) is 2. The van der Waals surface area contributed by atoms with Gasteiger partial charge in [0.2, 0.25) is 6.79 Å². The van der Waals surface area contributed by atoms with E-state index in [1.165, 1.54) is 0 Å². The van der Waals surface area contributed by atoms with Crippen LogP contribution < -0.4 is 14.8 Å². The molecule has 0 radical (unpaired) electrons. The number of carbonyl (C=O) groups is 1. The zero-order chi connectivity index (χ0) is 14.5. The van der Waals surface area contributed by atoms with Gasteiger partial charge in [-0.25, -0.2) is 0 Å². The monoisotopic (exact) mass is 341 g/mol. The maximum absolute atomic E-state index is 12.1. The summed E-state index contributed by atoms with van der Waals surface area (Å²) >= 11 is 3.66. The molecule has 1 unspecified atom stereocenters. The van der Waals surface area contributed by atoms with Gasteiger partial charge in [0, 0.05) is 16.9 Å². The lowest BCUT2D eigenvalue weighted by molar-refractivity contribution is 0.0951. The zero-order valence-corrected chi connectivity index (χ0v) is 13.4. The van der Waals surface area contributed by atoms with Gasteiger partial charge >= 0.3 is 0 Å². The van der Waals surface area contributed by atoms with Gasteiger partial charge in [0.1, 0.15) is 0 Å². The molecule has 1 heterocycles. The molecule has 0 aromatic heterocycles. The first-order valence-electron chi connectivity index (χ1n) is 6.97. The summed E-state index contributed by atoms with van der Waals surface area (Å²) in [5, 5.41) is 2.96. The lowest BCUT2D eigenvalue weighted by Gasteiger charge is -2.19. The Bertz CT molecular complexity index is 474. The van der Waals surface area contributed by atoms with Crippen molar-refractivity contribution < 1.29 is 14.3 Å². The molecule has 1 aromatic rings. The number of nitrogens with one attached hydrogen (secondary N) is 1. The molecule has 0 spiro atoms. The van der Waals surface area contributed by atoms with Crippen LogP contribution in [0.15, 0.2) is 18.2 Å². The molecule has 1 aliphatic heterocycles. The number of fused-ring (bicyclic) bond motifs is 1. The third kappa shape index (κ3) is 3.45. The van der Waals surface area contributed by atoms with Crippen LogP contribution in [0.1, 0.15) is 37.0 Å². The highest BCUT2D eigenvalue weighted by atomic mass is 79.9. The van der Waals surface area contributed by atoms with Crippen LogP contribution in [0.25, 0.3) is 0 Å². The number of rotatable bonds is 6. The zero-order valence-electron chi connectivity index (χ0n) is 11.8. The van der Waals surface area contributed by atoms with Gasteiger partial charge in [-0.3, -0.25) is 4.79 Å². The minimum Gasteiger partial charge on any atom is -0.454 e. The summed E-state index contributed by atoms with van der Waals surface area (Å²) in [5.74, 6) is 1.82. The van der Waals surface area contributed by atoms with Crippen LogP contribution in [0.3, 0.4) is 0 Å². The van der Waals surface area contributed by atoms with E-state index in [-0.39, 0.29) is 12.7 Å². The van der Waals surface area contributed by atoms with Crippen molar-refractivity contribution in [2.24, 2.45) is 5.92 Å². The van der Waals surface area contributed by atoms with Crippen molar-refractivity contribution in [2.75, 3.05) is 13.3 Å². The van der Waals surface area contributed by atoms with Crippen molar-refractivity contribution in [3.63, 3.8) is 0 Å². The van der Waals surface area contributed by atoms with Crippen LogP contribution in [-0.4, -0.2) is 24.1 Å². The smallest absolute Gasteiger partial charge is 0.251 e. The van der Waals surface area contributed by atoms with Gasteiger partial charge in [0.15, 0.2) is 11.5 Å². The molecule has 5 heteroatoms. The Morgan fingerprint density at radius 2 is 2.00 bits per heavy atom. The summed E-state index contributed by atoms with van der Waals surface area (Å²) in [4.78, 5) is 12.4. The number of carbonyl (C=O) groups excluding carboxylic acids is 1. The largest absolute Gasteiger partial charge is 0.454 e. The molecule has 0 aliphatic carbocycles. The molecule has 110 valence electrons. The van der Waals surface area contributed by atoms with E-state index < -0.39 is 0 Å². The SMILES string of the molecule is CCC(CC)C(Br)CNC(=O)c1ccc2c(c1)OCO2. The number of halogens is 1. The Labute approximate surface area is 128 Å². The van der Waals surface area contributed by atoms with E-state index in [0.29, 0.717) is 34.4 Å². The standard InChI is InChI=1S/C15H20BrNO3/c1-3-10(4-2)12(16)8-17-15(18)11-5-6-13-14(7-11)20-9-19-13/h5-7,10,12H,3-4,8-9H2,1-2H3,(H,17,18). The highest BCUT2D eigenvalue weighted by molar-refractivity contribution is 9.09. The minimum absolute atomic E-state index is 0.0845. The molecule has 1 aliphatic rings. The van der Waals surface area contributed by atoms with Crippen molar-refractivity contribution in [1.29, 1.82) is 0 Å². The molecular formula is C15H20BrNO3. The summed E-state index contributed by atoms with van der Waals surface area (Å²) in [6.45, 7) is 5.18. The highest BCUT2D eigenvalue weighted by Gasteiger charge is 2.18. The normalized spacial score (nSPS) is 14.4. The molecule has 0 saturated heterocycles. The molecule has 0 bridgehead atoms. The number of amides is 1. The minimum atomic E-state index is -0.0845. The molecule has 20 heavy (non-hydrogen) atoms. The molecule has 1 atom stereocenters. The predicted octanol–water partition coefficient (Wildman–Crippen LogP) is 3.34. The molecule has 1 N–H and O–H groups in total. The molecule has 0 fully saturated rings. The summed E-state index contributed by atoms with van der Waals surface area (Å²) in [6.07, 6.45) is 2.21. The number of hydrogen-bond acceptors (Lipinski definition) is 3. The molecule has 0 saturated carbocycles. The Kier molecular flexibility index (Phi) is 5.29. The quantitative estimate of drug-likeness (QED) is 0.807. The summed E-state index contributed by atoms with van der Waals surface area (Å²) < 4.78 is 10.5. The van der Waals surface area contributed by atoms with Gasteiger partial charge in [-0.1, -0.05) is 42.6 Å². The molecular weight excluding hydrogens is 322 g/mol. The third-order valence-corrected chi connectivity index (χ3v) is 4.72. The summed E-state index contributed by atoms with van der Waals surface area (Å²) in [6, 6.07) is 5.24. The average molecular weight is 342 g/mol. The molecule has 1 aromatic carbocycles. The van der Waals surface area contributed by atoms with Crippen LogP contribution in [0.5, 0.6) is 11.5 Å². The lowest BCUT2D eigenvalue weighted by atomic mass is 9.99. The van der Waals surface area contributed by atoms with E-state index in [1.807, 2.05) is 0 Å². The topological polar surface area (TPSA) is 47.6 Å². The van der Waals surface area contributed by atoms with Crippen LogP contribution in [0, 0.1) is 5.92 Å². The second-order valence-corrected chi connectivity index (χ2v) is 6.05. The molecule has 2 rings (SSSR count). The van der Waals surface area contributed by atoms with Crippen LogP contribution in [0.4, 0.5) is 0 Å². The van der Waals surface area contributed by atoms with E-state index in [1.54, 1.807) is 18.2 Å². The second kappa shape index (κ2) is 6.97. The Balaban J connectivity index is 1.92. The first-order chi connectivity index (χ1) is 9.65. The van der Waals surface area contributed by atoms with Gasteiger partial charge in [0.05, 0.1) is 0 Å². The van der Waals surface area contributed by atoms with E-state index in [9.17, 15) is 4.79 Å². The number of benzene rings is 1. The van der Waals surface area contributed by atoms with Crippen molar-refractivity contribution >= 4 is 21.8 Å².